The molecule has 2 N–H and O–H groups in total. The van der Waals surface area contributed by atoms with E-state index in [1.165, 1.54) is 24.0 Å². The van der Waals surface area contributed by atoms with Gasteiger partial charge in [0.1, 0.15) is 0 Å². The van der Waals surface area contributed by atoms with Crippen LogP contribution in [0.2, 0.25) is 0 Å². The quantitative estimate of drug-likeness (QED) is 0.844. The maximum Gasteiger partial charge on any atom is 0.0465 e. The molecule has 25 heavy (non-hydrogen) atoms. The summed E-state index contributed by atoms with van der Waals surface area (Å²) in [4.78, 5) is 0. The van der Waals surface area contributed by atoms with Gasteiger partial charge in [0.15, 0.2) is 0 Å². The van der Waals surface area contributed by atoms with Crippen LogP contribution in [0.5, 0.6) is 0 Å². The average molecular weight is 336 g/mol. The van der Waals surface area contributed by atoms with E-state index in [2.05, 4.69) is 60.7 Å². The van der Waals surface area contributed by atoms with Crippen molar-refractivity contribution in [2.24, 2.45) is 29.1 Å². The van der Waals surface area contributed by atoms with E-state index in [0.29, 0.717) is 11.8 Å². The molecule has 0 amide bonds. The summed E-state index contributed by atoms with van der Waals surface area (Å²) in [5, 5.41) is 20.1. The fourth-order valence-electron chi connectivity index (χ4n) is 6.15. The Hall–Kier alpha value is -1.64. The second-order valence-electron chi connectivity index (χ2n) is 8.04. The molecule has 2 fully saturated rings. The van der Waals surface area contributed by atoms with Crippen LogP contribution in [0.4, 0.5) is 0 Å². The lowest BCUT2D eigenvalue weighted by atomic mass is 9.68. The molecule has 4 atom stereocenters. The molecule has 2 aromatic carbocycles. The fraction of sp³-hybridized carbons (Fsp3) is 0.478. The zero-order valence-corrected chi connectivity index (χ0v) is 14.7. The molecule has 2 aromatic rings. The Morgan fingerprint density at radius 1 is 0.680 bits per heavy atom. The third-order valence-corrected chi connectivity index (χ3v) is 7.02. The first kappa shape index (κ1) is 16.8. The maximum absolute atomic E-state index is 10.0. The van der Waals surface area contributed by atoms with Gasteiger partial charge < -0.3 is 10.2 Å². The molecule has 2 nitrogen and oxygen atoms in total. The van der Waals surface area contributed by atoms with Crippen LogP contribution in [-0.4, -0.2) is 23.4 Å². The normalized spacial score (nSPS) is 29.8. The van der Waals surface area contributed by atoms with Gasteiger partial charge in [0.25, 0.3) is 0 Å². The predicted octanol–water partition coefficient (Wildman–Crippen LogP) is 3.72. The maximum atomic E-state index is 10.0. The summed E-state index contributed by atoms with van der Waals surface area (Å²) in [6, 6.07) is 21.5. The number of hydrogen-bond donors (Lipinski definition) is 2. The van der Waals surface area contributed by atoms with Crippen molar-refractivity contribution in [1.29, 1.82) is 0 Å². The molecule has 0 aliphatic heterocycles. The SMILES string of the molecule is OCC1C(CO)C2CCC1C2(Cc1ccccc1)Cc1ccccc1. The summed E-state index contributed by atoms with van der Waals surface area (Å²) < 4.78 is 0. The van der Waals surface area contributed by atoms with Crippen LogP contribution < -0.4 is 0 Å². The van der Waals surface area contributed by atoms with Crippen molar-refractivity contribution in [1.82, 2.24) is 0 Å². The Bertz CT molecular complexity index is 620. The minimum absolute atomic E-state index is 0.156. The minimum atomic E-state index is 0.156. The summed E-state index contributed by atoms with van der Waals surface area (Å²) in [5.41, 5.74) is 2.92. The van der Waals surface area contributed by atoms with Crippen LogP contribution in [-0.2, 0) is 12.8 Å². The van der Waals surface area contributed by atoms with E-state index >= 15 is 0 Å². The van der Waals surface area contributed by atoms with E-state index in [1.807, 2.05) is 0 Å². The summed E-state index contributed by atoms with van der Waals surface area (Å²) in [5.74, 6) is 1.49. The molecule has 2 heteroatoms. The monoisotopic (exact) mass is 336 g/mol. The van der Waals surface area contributed by atoms with Gasteiger partial charge in [-0.3, -0.25) is 0 Å². The molecule has 2 saturated carbocycles. The van der Waals surface area contributed by atoms with Crippen LogP contribution in [0.1, 0.15) is 24.0 Å². The molecule has 0 spiro atoms. The number of fused-ring (bicyclic) bond motifs is 2. The molecule has 4 rings (SSSR count). The van der Waals surface area contributed by atoms with Crippen molar-refractivity contribution < 1.29 is 10.2 Å². The molecule has 2 aliphatic carbocycles. The smallest absolute Gasteiger partial charge is 0.0465 e. The standard InChI is InChI=1S/C23H28O2/c24-15-19-20(16-25)22-12-11-21(19)23(22,13-17-7-3-1-4-8-17)14-18-9-5-2-6-10-18/h1-10,19-22,24-25H,11-16H2. The van der Waals surface area contributed by atoms with Gasteiger partial charge in [-0.2, -0.15) is 0 Å². The second kappa shape index (κ2) is 6.93. The lowest BCUT2D eigenvalue weighted by molar-refractivity contribution is 0.0791. The van der Waals surface area contributed by atoms with Crippen molar-refractivity contribution >= 4 is 0 Å². The topological polar surface area (TPSA) is 40.5 Å². The Morgan fingerprint density at radius 2 is 1.08 bits per heavy atom. The van der Waals surface area contributed by atoms with Gasteiger partial charge in [0.05, 0.1) is 0 Å². The third-order valence-electron chi connectivity index (χ3n) is 7.02. The van der Waals surface area contributed by atoms with Gasteiger partial charge in [-0.15, -0.1) is 0 Å². The number of benzene rings is 2. The highest BCUT2D eigenvalue weighted by atomic mass is 16.3. The summed E-state index contributed by atoms with van der Waals surface area (Å²) in [7, 11) is 0. The summed E-state index contributed by atoms with van der Waals surface area (Å²) >= 11 is 0. The Morgan fingerprint density at radius 3 is 1.44 bits per heavy atom. The highest BCUT2D eigenvalue weighted by Gasteiger charge is 2.62. The van der Waals surface area contributed by atoms with Crippen LogP contribution >= 0.6 is 0 Å². The lowest BCUT2D eigenvalue weighted by Gasteiger charge is -2.36. The summed E-state index contributed by atoms with van der Waals surface area (Å²) in [6.07, 6.45) is 4.47. The molecule has 2 bridgehead atoms. The Kier molecular flexibility index (Phi) is 4.66. The Labute approximate surface area is 150 Å². The molecule has 0 radical (unpaired) electrons. The van der Waals surface area contributed by atoms with Crippen molar-refractivity contribution in [3.8, 4) is 0 Å². The molecular weight excluding hydrogens is 308 g/mol. The highest BCUT2D eigenvalue weighted by molar-refractivity contribution is 5.25. The first-order valence-corrected chi connectivity index (χ1v) is 9.58. The van der Waals surface area contributed by atoms with Crippen LogP contribution in [0.25, 0.3) is 0 Å². The van der Waals surface area contributed by atoms with E-state index in [1.54, 1.807) is 0 Å². The average Bonchev–Trinajstić information content (AvgIpc) is 3.11. The highest BCUT2D eigenvalue weighted by Crippen LogP contribution is 2.65. The van der Waals surface area contributed by atoms with Gasteiger partial charge in [0.2, 0.25) is 0 Å². The van der Waals surface area contributed by atoms with Gasteiger partial charge in [0, 0.05) is 13.2 Å². The van der Waals surface area contributed by atoms with Crippen molar-refractivity contribution in [3.05, 3.63) is 71.8 Å². The van der Waals surface area contributed by atoms with Gasteiger partial charge >= 0.3 is 0 Å². The molecular formula is C23H28O2. The largest absolute Gasteiger partial charge is 0.396 e. The van der Waals surface area contributed by atoms with E-state index in [9.17, 15) is 10.2 Å². The van der Waals surface area contributed by atoms with Crippen molar-refractivity contribution in [2.75, 3.05) is 13.2 Å². The molecule has 2 aliphatic rings. The zero-order chi connectivity index (χ0) is 17.3. The zero-order valence-electron chi connectivity index (χ0n) is 14.7. The van der Waals surface area contributed by atoms with Gasteiger partial charge in [-0.25, -0.2) is 0 Å². The predicted molar refractivity (Wildman–Crippen MR) is 100 cm³/mol. The number of rotatable bonds is 6. The molecule has 0 saturated heterocycles. The van der Waals surface area contributed by atoms with Gasteiger partial charge in [-0.1, -0.05) is 60.7 Å². The van der Waals surface area contributed by atoms with Crippen LogP contribution in [0.3, 0.4) is 0 Å². The second-order valence-corrected chi connectivity index (χ2v) is 8.04. The number of aliphatic hydroxyl groups excluding tert-OH is 2. The van der Waals surface area contributed by atoms with E-state index < -0.39 is 0 Å². The molecule has 4 unspecified atom stereocenters. The van der Waals surface area contributed by atoms with Gasteiger partial charge in [-0.05, 0) is 65.9 Å². The van der Waals surface area contributed by atoms with Crippen molar-refractivity contribution in [2.45, 2.75) is 25.7 Å². The van der Waals surface area contributed by atoms with Crippen LogP contribution in [0.15, 0.2) is 60.7 Å². The van der Waals surface area contributed by atoms with E-state index in [-0.39, 0.29) is 30.5 Å². The van der Waals surface area contributed by atoms with E-state index in [4.69, 9.17) is 0 Å². The Balaban J connectivity index is 1.74. The molecule has 132 valence electrons. The number of aliphatic hydroxyl groups is 2. The first-order valence-electron chi connectivity index (χ1n) is 9.58. The van der Waals surface area contributed by atoms with E-state index in [0.717, 1.165) is 12.8 Å². The minimum Gasteiger partial charge on any atom is -0.396 e. The first-order chi connectivity index (χ1) is 12.3. The molecule has 0 heterocycles. The summed E-state index contributed by atoms with van der Waals surface area (Å²) in [6.45, 7) is 0.412. The number of hydrogen-bond acceptors (Lipinski definition) is 2. The van der Waals surface area contributed by atoms with Crippen molar-refractivity contribution in [3.63, 3.8) is 0 Å². The lowest BCUT2D eigenvalue weighted by Crippen LogP contribution is -2.33. The fourth-order valence-corrected chi connectivity index (χ4v) is 6.15. The third kappa shape index (κ3) is 2.82. The molecule has 0 aromatic heterocycles. The van der Waals surface area contributed by atoms with Crippen LogP contribution in [0, 0.1) is 29.1 Å².